The van der Waals surface area contributed by atoms with Crippen molar-refractivity contribution in [3.8, 4) is 0 Å². The minimum Gasteiger partial charge on any atom is -0.457 e. The van der Waals surface area contributed by atoms with Gasteiger partial charge in [0.05, 0.1) is 5.39 Å². The number of aromatic nitrogens is 2. The van der Waals surface area contributed by atoms with Gasteiger partial charge in [-0.05, 0) is 42.5 Å². The van der Waals surface area contributed by atoms with Crippen molar-refractivity contribution in [1.29, 1.82) is 0 Å². The third-order valence-corrected chi connectivity index (χ3v) is 6.38. The third kappa shape index (κ3) is 3.98. The van der Waals surface area contributed by atoms with Crippen molar-refractivity contribution in [2.45, 2.75) is 39.2 Å². The first-order chi connectivity index (χ1) is 13.6. The molecule has 3 aromatic rings. The Morgan fingerprint density at radius 3 is 2.57 bits per heavy atom. The standard InChI is InChI=1S/C21H22ClN3O2S/c1-14-16-18(25-11-7-2-3-8-12-25)23-21(22)24-19(16)28-17(14)20(26)27-13-15-9-5-4-6-10-15/h4-6,9-10H,2-3,7-8,11-13H2,1H3. The molecular formula is C21H22ClN3O2S. The molecule has 1 aliphatic rings. The van der Waals surface area contributed by atoms with Gasteiger partial charge in [0.2, 0.25) is 5.28 Å². The van der Waals surface area contributed by atoms with Crippen LogP contribution in [0.15, 0.2) is 30.3 Å². The van der Waals surface area contributed by atoms with Crippen LogP contribution < -0.4 is 4.90 Å². The minimum absolute atomic E-state index is 0.220. The highest BCUT2D eigenvalue weighted by Gasteiger charge is 2.24. The Morgan fingerprint density at radius 1 is 1.14 bits per heavy atom. The molecule has 7 heteroatoms. The van der Waals surface area contributed by atoms with Crippen molar-refractivity contribution in [2.24, 2.45) is 0 Å². The monoisotopic (exact) mass is 415 g/mol. The van der Waals surface area contributed by atoms with E-state index >= 15 is 0 Å². The van der Waals surface area contributed by atoms with Crippen LogP contribution >= 0.6 is 22.9 Å². The number of ether oxygens (including phenoxy) is 1. The predicted molar refractivity (Wildman–Crippen MR) is 113 cm³/mol. The zero-order valence-electron chi connectivity index (χ0n) is 15.8. The maximum atomic E-state index is 12.7. The fourth-order valence-corrected chi connectivity index (χ4v) is 4.87. The number of thiophene rings is 1. The van der Waals surface area contributed by atoms with E-state index in [9.17, 15) is 4.79 Å². The van der Waals surface area contributed by atoms with Crippen LogP contribution in [0.2, 0.25) is 5.28 Å². The lowest BCUT2D eigenvalue weighted by atomic mass is 10.2. The number of nitrogens with zero attached hydrogens (tertiary/aromatic N) is 3. The summed E-state index contributed by atoms with van der Waals surface area (Å²) < 4.78 is 5.54. The van der Waals surface area contributed by atoms with Gasteiger partial charge < -0.3 is 9.64 Å². The molecule has 28 heavy (non-hydrogen) atoms. The number of rotatable bonds is 4. The normalized spacial score (nSPS) is 14.9. The number of hydrogen-bond donors (Lipinski definition) is 0. The van der Waals surface area contributed by atoms with Gasteiger partial charge in [-0.3, -0.25) is 0 Å². The second-order valence-electron chi connectivity index (χ2n) is 7.02. The molecule has 0 unspecified atom stereocenters. The van der Waals surface area contributed by atoms with Crippen LogP contribution in [-0.4, -0.2) is 29.0 Å². The molecule has 0 bridgehead atoms. The van der Waals surface area contributed by atoms with Crippen LogP contribution in [0, 0.1) is 6.92 Å². The third-order valence-electron chi connectivity index (χ3n) is 5.05. The van der Waals surface area contributed by atoms with Crippen LogP contribution in [0.25, 0.3) is 10.2 Å². The van der Waals surface area contributed by atoms with E-state index in [-0.39, 0.29) is 17.9 Å². The molecule has 0 aliphatic carbocycles. The molecule has 3 heterocycles. The molecule has 4 rings (SSSR count). The molecule has 0 spiro atoms. The summed E-state index contributed by atoms with van der Waals surface area (Å²) in [5, 5.41) is 1.14. The molecule has 1 saturated heterocycles. The average Bonchev–Trinajstić information content (AvgIpc) is 2.88. The number of hydrogen-bond acceptors (Lipinski definition) is 6. The van der Waals surface area contributed by atoms with Crippen LogP contribution in [0.1, 0.15) is 46.5 Å². The maximum absolute atomic E-state index is 12.7. The number of aryl methyl sites for hydroxylation is 1. The number of benzene rings is 1. The fourth-order valence-electron chi connectivity index (χ4n) is 3.59. The van der Waals surface area contributed by atoms with Gasteiger partial charge in [-0.25, -0.2) is 9.78 Å². The Hall–Kier alpha value is -2.18. The highest BCUT2D eigenvalue weighted by Crippen LogP contribution is 2.37. The van der Waals surface area contributed by atoms with Gasteiger partial charge in [0.25, 0.3) is 0 Å². The summed E-state index contributed by atoms with van der Waals surface area (Å²) in [6, 6.07) is 9.67. The van der Waals surface area contributed by atoms with Crippen molar-refractivity contribution in [1.82, 2.24) is 9.97 Å². The van der Waals surface area contributed by atoms with Gasteiger partial charge in [0.15, 0.2) is 0 Å². The van der Waals surface area contributed by atoms with Crippen LogP contribution in [0.5, 0.6) is 0 Å². The van der Waals surface area contributed by atoms with Crippen molar-refractivity contribution >= 4 is 44.9 Å². The van der Waals surface area contributed by atoms with Gasteiger partial charge in [0, 0.05) is 13.1 Å². The number of carbonyl (C=O) groups excluding carboxylic acids is 1. The predicted octanol–water partition coefficient (Wildman–Crippen LogP) is 5.39. The first-order valence-corrected chi connectivity index (χ1v) is 10.8. The van der Waals surface area contributed by atoms with Crippen LogP contribution in [-0.2, 0) is 11.3 Å². The Balaban J connectivity index is 1.65. The minimum atomic E-state index is -0.331. The summed E-state index contributed by atoms with van der Waals surface area (Å²) in [5.41, 5.74) is 1.83. The van der Waals surface area contributed by atoms with Crippen molar-refractivity contribution in [3.05, 3.63) is 51.6 Å². The van der Waals surface area contributed by atoms with Crippen molar-refractivity contribution in [3.63, 3.8) is 0 Å². The van der Waals surface area contributed by atoms with Gasteiger partial charge >= 0.3 is 5.97 Å². The highest BCUT2D eigenvalue weighted by molar-refractivity contribution is 7.20. The average molecular weight is 416 g/mol. The van der Waals surface area contributed by atoms with Gasteiger partial charge in [0.1, 0.15) is 22.1 Å². The van der Waals surface area contributed by atoms with Gasteiger partial charge in [-0.15, -0.1) is 11.3 Å². The Morgan fingerprint density at radius 2 is 1.86 bits per heavy atom. The molecule has 0 atom stereocenters. The molecule has 1 aromatic carbocycles. The molecule has 5 nitrogen and oxygen atoms in total. The molecule has 0 radical (unpaired) electrons. The molecule has 1 aliphatic heterocycles. The lowest BCUT2D eigenvalue weighted by Gasteiger charge is -2.22. The number of esters is 1. The van der Waals surface area contributed by atoms with Crippen LogP contribution in [0.4, 0.5) is 5.82 Å². The van der Waals surface area contributed by atoms with E-state index < -0.39 is 0 Å². The molecule has 0 amide bonds. The number of carbonyl (C=O) groups is 1. The Kier molecular flexibility index (Phi) is 5.78. The fraction of sp³-hybridized carbons (Fsp3) is 0.381. The lowest BCUT2D eigenvalue weighted by Crippen LogP contribution is -2.25. The molecule has 1 fully saturated rings. The molecule has 0 N–H and O–H groups in total. The summed E-state index contributed by atoms with van der Waals surface area (Å²) in [6.07, 6.45) is 4.74. The molecular weight excluding hydrogens is 394 g/mol. The first-order valence-electron chi connectivity index (χ1n) is 9.56. The first kappa shape index (κ1) is 19.2. The lowest BCUT2D eigenvalue weighted by molar-refractivity contribution is 0.0478. The van der Waals surface area contributed by atoms with E-state index in [1.807, 2.05) is 37.3 Å². The maximum Gasteiger partial charge on any atom is 0.349 e. The SMILES string of the molecule is Cc1c(C(=O)OCc2ccccc2)sc2nc(Cl)nc(N3CCCCCC3)c12. The summed E-state index contributed by atoms with van der Waals surface area (Å²) in [5.74, 6) is 0.509. The Bertz CT molecular complexity index is 982. The smallest absolute Gasteiger partial charge is 0.349 e. The van der Waals surface area contributed by atoms with Gasteiger partial charge in [-0.2, -0.15) is 4.98 Å². The summed E-state index contributed by atoms with van der Waals surface area (Å²) in [7, 11) is 0. The van der Waals surface area contributed by atoms with E-state index in [1.54, 1.807) is 0 Å². The summed E-state index contributed by atoms with van der Waals surface area (Å²) in [4.78, 5) is 25.2. The second kappa shape index (κ2) is 8.45. The zero-order valence-corrected chi connectivity index (χ0v) is 17.4. The largest absolute Gasteiger partial charge is 0.457 e. The quantitative estimate of drug-likeness (QED) is 0.422. The van der Waals surface area contributed by atoms with Crippen molar-refractivity contribution < 1.29 is 9.53 Å². The molecule has 146 valence electrons. The number of halogens is 1. The van der Waals surface area contributed by atoms with E-state index in [2.05, 4.69) is 14.9 Å². The molecule has 0 saturated carbocycles. The number of fused-ring (bicyclic) bond motifs is 1. The number of anilines is 1. The zero-order chi connectivity index (χ0) is 19.5. The topological polar surface area (TPSA) is 55.3 Å². The van der Waals surface area contributed by atoms with Gasteiger partial charge in [-0.1, -0.05) is 43.2 Å². The Labute approximate surface area is 173 Å². The summed E-state index contributed by atoms with van der Waals surface area (Å²) >= 11 is 7.54. The van der Waals surface area contributed by atoms with E-state index in [4.69, 9.17) is 16.3 Å². The second-order valence-corrected chi connectivity index (χ2v) is 8.35. The van der Waals surface area contributed by atoms with E-state index in [0.29, 0.717) is 4.88 Å². The van der Waals surface area contributed by atoms with Crippen LogP contribution in [0.3, 0.4) is 0 Å². The van der Waals surface area contributed by atoms with E-state index in [0.717, 1.165) is 53.1 Å². The van der Waals surface area contributed by atoms with Crippen molar-refractivity contribution in [2.75, 3.05) is 18.0 Å². The van der Waals surface area contributed by atoms with E-state index in [1.165, 1.54) is 24.2 Å². The molecule has 2 aromatic heterocycles. The highest BCUT2D eigenvalue weighted by atomic mass is 35.5. The summed E-state index contributed by atoms with van der Waals surface area (Å²) in [6.45, 7) is 4.09.